The fourth-order valence-corrected chi connectivity index (χ4v) is 1.45. The van der Waals surface area contributed by atoms with E-state index in [2.05, 4.69) is 10.1 Å². The molecule has 0 radical (unpaired) electrons. The molecule has 16 heavy (non-hydrogen) atoms. The zero-order valence-corrected chi connectivity index (χ0v) is 8.72. The van der Waals surface area contributed by atoms with Crippen molar-refractivity contribution in [2.45, 2.75) is 6.42 Å². The lowest BCUT2D eigenvalue weighted by Crippen LogP contribution is -2.05. The minimum absolute atomic E-state index is 0.0684. The summed E-state index contributed by atoms with van der Waals surface area (Å²) in [6.45, 7) is 0. The molecule has 2 heterocycles. The van der Waals surface area contributed by atoms with Gasteiger partial charge in [-0.3, -0.25) is 14.5 Å². The molecule has 2 aromatic heterocycles. The molecule has 2 rings (SSSR count). The summed E-state index contributed by atoms with van der Waals surface area (Å²) in [5.74, 6) is -0.857. The highest BCUT2D eigenvalue weighted by atomic mass is 19.1. The van der Waals surface area contributed by atoms with Gasteiger partial charge in [-0.25, -0.2) is 4.39 Å². The van der Waals surface area contributed by atoms with Crippen molar-refractivity contribution < 1.29 is 9.18 Å². The number of carbonyl (C=O) groups is 1. The third-order valence-electron chi connectivity index (χ3n) is 2.20. The van der Waals surface area contributed by atoms with E-state index >= 15 is 0 Å². The molecule has 0 aliphatic rings. The van der Waals surface area contributed by atoms with E-state index in [-0.39, 0.29) is 17.8 Å². The van der Waals surface area contributed by atoms with Gasteiger partial charge in [0, 0.05) is 25.9 Å². The molecule has 5 heteroatoms. The number of rotatable bonds is 3. The van der Waals surface area contributed by atoms with E-state index in [0.717, 1.165) is 11.8 Å². The summed E-state index contributed by atoms with van der Waals surface area (Å²) >= 11 is 0. The first-order valence-corrected chi connectivity index (χ1v) is 4.77. The summed E-state index contributed by atoms with van der Waals surface area (Å²) in [4.78, 5) is 15.3. The van der Waals surface area contributed by atoms with Gasteiger partial charge in [0.05, 0.1) is 18.0 Å². The van der Waals surface area contributed by atoms with Gasteiger partial charge >= 0.3 is 0 Å². The van der Waals surface area contributed by atoms with Crippen LogP contribution < -0.4 is 0 Å². The number of hydrogen-bond donors (Lipinski definition) is 0. The number of aromatic nitrogens is 3. The van der Waals surface area contributed by atoms with Crippen molar-refractivity contribution in [3.8, 4) is 0 Å². The molecule has 0 fully saturated rings. The summed E-state index contributed by atoms with van der Waals surface area (Å²) in [5, 5.41) is 3.94. The minimum atomic E-state index is -0.587. The van der Waals surface area contributed by atoms with Gasteiger partial charge in [0.1, 0.15) is 0 Å². The molecule has 82 valence electrons. The van der Waals surface area contributed by atoms with Gasteiger partial charge in [-0.05, 0) is 11.6 Å². The highest BCUT2D eigenvalue weighted by Gasteiger charge is 2.12. The Morgan fingerprint density at radius 1 is 1.50 bits per heavy atom. The lowest BCUT2D eigenvalue weighted by atomic mass is 10.1. The molecule has 0 aliphatic carbocycles. The van der Waals surface area contributed by atoms with Crippen molar-refractivity contribution in [3.05, 3.63) is 47.8 Å². The first-order valence-electron chi connectivity index (χ1n) is 4.77. The van der Waals surface area contributed by atoms with Crippen LogP contribution in [0.2, 0.25) is 0 Å². The van der Waals surface area contributed by atoms with Crippen molar-refractivity contribution in [1.29, 1.82) is 0 Å². The Bertz CT molecular complexity index is 521. The van der Waals surface area contributed by atoms with Crippen LogP contribution in [0.4, 0.5) is 4.39 Å². The van der Waals surface area contributed by atoms with Crippen LogP contribution >= 0.6 is 0 Å². The molecule has 0 spiro atoms. The smallest absolute Gasteiger partial charge is 0.170 e. The second kappa shape index (κ2) is 4.22. The van der Waals surface area contributed by atoms with E-state index < -0.39 is 5.82 Å². The van der Waals surface area contributed by atoms with Gasteiger partial charge < -0.3 is 0 Å². The predicted octanol–water partition coefficient (Wildman–Crippen LogP) is 1.38. The normalized spacial score (nSPS) is 10.4. The maximum Gasteiger partial charge on any atom is 0.170 e. The van der Waals surface area contributed by atoms with Crippen LogP contribution in [0, 0.1) is 5.82 Å². The molecule has 0 saturated heterocycles. The number of hydrogen-bond acceptors (Lipinski definition) is 3. The van der Waals surface area contributed by atoms with Gasteiger partial charge in [-0.15, -0.1) is 0 Å². The number of halogens is 1. The molecule has 0 aromatic carbocycles. The number of Topliss-reactive ketones (excluding diaryl/α,β-unsaturated/α-hetero) is 1. The highest BCUT2D eigenvalue weighted by Crippen LogP contribution is 2.09. The monoisotopic (exact) mass is 219 g/mol. The Morgan fingerprint density at radius 2 is 2.31 bits per heavy atom. The molecular formula is C11H10FN3O. The van der Waals surface area contributed by atoms with Crippen LogP contribution in [0.5, 0.6) is 0 Å². The number of nitrogens with zero attached hydrogens (tertiary/aromatic N) is 3. The van der Waals surface area contributed by atoms with E-state index in [1.807, 2.05) is 0 Å². The number of aryl methyl sites for hydroxylation is 1. The summed E-state index contributed by atoms with van der Waals surface area (Å²) in [6.07, 6.45) is 5.92. The maximum atomic E-state index is 13.2. The van der Waals surface area contributed by atoms with Gasteiger partial charge in [-0.1, -0.05) is 0 Å². The maximum absolute atomic E-state index is 13.2. The van der Waals surface area contributed by atoms with Crippen LogP contribution in [-0.2, 0) is 13.5 Å². The van der Waals surface area contributed by atoms with Gasteiger partial charge in [0.25, 0.3) is 0 Å². The average molecular weight is 219 g/mol. The Hall–Kier alpha value is -2.04. The lowest BCUT2D eigenvalue weighted by Gasteiger charge is -1.99. The topological polar surface area (TPSA) is 47.8 Å². The third kappa shape index (κ3) is 2.13. The Balaban J connectivity index is 2.18. The summed E-state index contributed by atoms with van der Waals surface area (Å²) in [6, 6.07) is 1.38. The van der Waals surface area contributed by atoms with Crippen LogP contribution in [0.1, 0.15) is 15.9 Å². The van der Waals surface area contributed by atoms with Gasteiger partial charge in [-0.2, -0.15) is 5.10 Å². The largest absolute Gasteiger partial charge is 0.294 e. The molecule has 2 aromatic rings. The molecule has 4 nitrogen and oxygen atoms in total. The quantitative estimate of drug-likeness (QED) is 0.733. The van der Waals surface area contributed by atoms with Crippen LogP contribution in [0.15, 0.2) is 30.9 Å². The SMILES string of the molecule is Cn1cc(CC(=O)c2ccncc2F)cn1. The first kappa shape index (κ1) is 10.5. The van der Waals surface area contributed by atoms with Gasteiger partial charge in [0.2, 0.25) is 0 Å². The second-order valence-corrected chi connectivity index (χ2v) is 3.48. The molecule has 0 aliphatic heterocycles. The van der Waals surface area contributed by atoms with E-state index in [9.17, 15) is 9.18 Å². The number of ketones is 1. The van der Waals surface area contributed by atoms with Crippen molar-refractivity contribution in [2.75, 3.05) is 0 Å². The van der Waals surface area contributed by atoms with Crippen molar-refractivity contribution >= 4 is 5.78 Å². The van der Waals surface area contributed by atoms with Crippen molar-refractivity contribution in [1.82, 2.24) is 14.8 Å². The average Bonchev–Trinajstić information content (AvgIpc) is 2.64. The summed E-state index contributed by atoms with van der Waals surface area (Å²) in [7, 11) is 1.76. The van der Waals surface area contributed by atoms with Gasteiger partial charge in [0.15, 0.2) is 11.6 Å². The predicted molar refractivity (Wildman–Crippen MR) is 55.4 cm³/mol. The third-order valence-corrected chi connectivity index (χ3v) is 2.20. The Kier molecular flexibility index (Phi) is 2.76. The second-order valence-electron chi connectivity index (χ2n) is 3.48. The molecule has 0 amide bonds. The minimum Gasteiger partial charge on any atom is -0.294 e. The molecule has 0 bridgehead atoms. The molecular weight excluding hydrogens is 209 g/mol. The van der Waals surface area contributed by atoms with Crippen LogP contribution in [0.3, 0.4) is 0 Å². The van der Waals surface area contributed by atoms with Crippen LogP contribution in [-0.4, -0.2) is 20.5 Å². The van der Waals surface area contributed by atoms with Crippen LogP contribution in [0.25, 0.3) is 0 Å². The van der Waals surface area contributed by atoms with Crippen molar-refractivity contribution in [3.63, 3.8) is 0 Å². The fraction of sp³-hybridized carbons (Fsp3) is 0.182. The Labute approximate surface area is 91.7 Å². The Morgan fingerprint density at radius 3 is 2.94 bits per heavy atom. The summed E-state index contributed by atoms with van der Waals surface area (Å²) < 4.78 is 14.8. The fourth-order valence-electron chi connectivity index (χ4n) is 1.45. The van der Waals surface area contributed by atoms with E-state index in [1.54, 1.807) is 24.1 Å². The molecule has 0 saturated carbocycles. The molecule has 0 atom stereocenters. The lowest BCUT2D eigenvalue weighted by molar-refractivity contribution is 0.0989. The molecule has 0 N–H and O–H groups in total. The van der Waals surface area contributed by atoms with E-state index in [0.29, 0.717) is 0 Å². The zero-order chi connectivity index (χ0) is 11.5. The number of carbonyl (C=O) groups excluding carboxylic acids is 1. The van der Waals surface area contributed by atoms with Crippen molar-refractivity contribution in [2.24, 2.45) is 7.05 Å². The number of pyridine rings is 1. The molecule has 0 unspecified atom stereocenters. The van der Waals surface area contributed by atoms with E-state index in [1.165, 1.54) is 12.3 Å². The zero-order valence-electron chi connectivity index (χ0n) is 8.72. The first-order chi connectivity index (χ1) is 7.66. The standard InChI is InChI=1S/C11H10FN3O/c1-15-7-8(5-14-15)4-11(16)9-2-3-13-6-10(9)12/h2-3,5-7H,4H2,1H3. The van der Waals surface area contributed by atoms with E-state index in [4.69, 9.17) is 0 Å². The summed E-state index contributed by atoms with van der Waals surface area (Å²) in [5.41, 5.74) is 0.836. The highest BCUT2D eigenvalue weighted by molar-refractivity contribution is 5.97.